The highest BCUT2D eigenvalue weighted by molar-refractivity contribution is 5.81. The molecule has 0 atom stereocenters. The summed E-state index contributed by atoms with van der Waals surface area (Å²) < 4.78 is 0. The molecule has 0 aliphatic carbocycles. The van der Waals surface area contributed by atoms with E-state index in [9.17, 15) is 20.4 Å². The molecule has 0 amide bonds. The van der Waals surface area contributed by atoms with Crippen LogP contribution in [0.5, 0.6) is 23.0 Å². The Bertz CT molecular complexity index is 746. The maximum absolute atomic E-state index is 9.68. The van der Waals surface area contributed by atoms with Crippen molar-refractivity contribution in [2.45, 2.75) is 0 Å². The highest BCUT2D eigenvalue weighted by Crippen LogP contribution is 2.27. The van der Waals surface area contributed by atoms with Crippen molar-refractivity contribution in [3.05, 3.63) is 10.4 Å². The minimum atomic E-state index is -1.10. The van der Waals surface area contributed by atoms with E-state index < -0.39 is 44.6 Å². The fourth-order valence-corrected chi connectivity index (χ4v) is 1.45. The maximum Gasteiger partial charge on any atom is 0.171 e. The van der Waals surface area contributed by atoms with Crippen LogP contribution in [-0.2, 0) is 0 Å². The number of nitrogens with zero attached hydrogens (tertiary/aromatic N) is 4. The Morgan fingerprint density at radius 3 is 0.900 bits per heavy atom. The van der Waals surface area contributed by atoms with Crippen molar-refractivity contribution >= 4 is 11.1 Å². The second-order valence-corrected chi connectivity index (χ2v) is 3.34. The van der Waals surface area contributed by atoms with Crippen LogP contribution in [0.3, 0.4) is 0 Å². The number of aromatic hydroxyl groups is 4. The third-order valence-electron chi connectivity index (χ3n) is 2.34. The van der Waals surface area contributed by atoms with Gasteiger partial charge in [-0.05, 0) is 0 Å². The van der Waals surface area contributed by atoms with E-state index in [4.69, 9.17) is 21.0 Å². The molecule has 20 heavy (non-hydrogen) atoms. The molecule has 8 nitrogen and oxygen atoms in total. The van der Waals surface area contributed by atoms with Crippen molar-refractivity contribution < 1.29 is 20.4 Å². The molecule has 1 aromatic carbocycles. The van der Waals surface area contributed by atoms with Gasteiger partial charge in [-0.15, -0.1) is 0 Å². The molecule has 1 aromatic rings. The predicted octanol–water partition coefficient (Wildman–Crippen LogP) is -1.10. The molecule has 0 radical (unpaired) electrons. The van der Waals surface area contributed by atoms with Crippen molar-refractivity contribution in [3.63, 3.8) is 0 Å². The number of hydrogen-bond acceptors (Lipinski definition) is 8. The van der Waals surface area contributed by atoms with Gasteiger partial charge in [-0.2, -0.15) is 21.0 Å². The Labute approximate surface area is 111 Å². The van der Waals surface area contributed by atoms with Gasteiger partial charge in [0, 0.05) is 0 Å². The monoisotopic (exact) mass is 268 g/mol. The Balaban J connectivity index is 4.35. The normalized spacial score (nSPS) is 8.60. The number of rotatable bonds is 0. The fourth-order valence-electron chi connectivity index (χ4n) is 1.45. The van der Waals surface area contributed by atoms with Crippen LogP contribution in [-0.4, -0.2) is 20.4 Å². The molecule has 0 aliphatic rings. The minimum absolute atomic E-state index is 0.771. The zero-order chi connectivity index (χ0) is 15.4. The molecular weight excluding hydrogens is 264 g/mol. The molecule has 1 rings (SSSR count). The van der Waals surface area contributed by atoms with Crippen LogP contribution < -0.4 is 10.4 Å². The van der Waals surface area contributed by atoms with Crippen LogP contribution in [0.1, 0.15) is 0 Å². The summed E-state index contributed by atoms with van der Waals surface area (Å²) in [6, 6.07) is 5.43. The van der Waals surface area contributed by atoms with Gasteiger partial charge in [0.15, 0.2) is 23.0 Å². The van der Waals surface area contributed by atoms with Crippen molar-refractivity contribution in [2.75, 3.05) is 0 Å². The smallest absolute Gasteiger partial charge is 0.171 e. The Hall–Kier alpha value is -3.88. The standard InChI is InChI=1S/C12H4N4O4/c13-1-5(2-14)7-9(17)11(19)8(6(3-15)4-16)12(20)10(7)18/h17-20H. The number of phenols is 4. The predicted molar refractivity (Wildman–Crippen MR) is 61.6 cm³/mol. The van der Waals surface area contributed by atoms with E-state index >= 15 is 0 Å². The first-order valence-electron chi connectivity index (χ1n) is 4.79. The van der Waals surface area contributed by atoms with E-state index in [1.807, 2.05) is 0 Å². The molecule has 0 fully saturated rings. The van der Waals surface area contributed by atoms with Crippen LogP contribution in [0, 0.1) is 45.3 Å². The third kappa shape index (κ3) is 1.86. The average molecular weight is 268 g/mol. The lowest BCUT2D eigenvalue weighted by Crippen LogP contribution is -2.16. The number of phenolic OH excluding ortho intramolecular Hbond substituents is 4. The maximum atomic E-state index is 9.68. The number of benzene rings is 1. The third-order valence-corrected chi connectivity index (χ3v) is 2.34. The summed E-state index contributed by atoms with van der Waals surface area (Å²) in [5.74, 6) is -4.40. The Morgan fingerprint density at radius 1 is 0.550 bits per heavy atom. The van der Waals surface area contributed by atoms with Gasteiger partial charge >= 0.3 is 0 Å². The molecule has 0 bridgehead atoms. The van der Waals surface area contributed by atoms with Crippen LogP contribution in [0.4, 0.5) is 0 Å². The van der Waals surface area contributed by atoms with Gasteiger partial charge in [-0.25, -0.2) is 0 Å². The Kier molecular flexibility index (Phi) is 3.67. The van der Waals surface area contributed by atoms with E-state index in [0.717, 1.165) is 0 Å². The van der Waals surface area contributed by atoms with Gasteiger partial charge in [0.2, 0.25) is 0 Å². The molecule has 0 aromatic heterocycles. The van der Waals surface area contributed by atoms with Crippen LogP contribution >= 0.6 is 0 Å². The van der Waals surface area contributed by atoms with Gasteiger partial charge in [-0.3, -0.25) is 0 Å². The van der Waals surface area contributed by atoms with Crippen LogP contribution in [0.2, 0.25) is 0 Å². The summed E-state index contributed by atoms with van der Waals surface area (Å²) in [7, 11) is 0. The van der Waals surface area contributed by atoms with Gasteiger partial charge < -0.3 is 20.4 Å². The first-order valence-corrected chi connectivity index (χ1v) is 4.79. The van der Waals surface area contributed by atoms with Gasteiger partial charge in [0.25, 0.3) is 0 Å². The summed E-state index contributed by atoms with van der Waals surface area (Å²) in [4.78, 5) is 0. The molecule has 0 saturated heterocycles. The van der Waals surface area contributed by atoms with Crippen LogP contribution in [0.25, 0.3) is 11.1 Å². The quantitative estimate of drug-likeness (QED) is 0.338. The summed E-state index contributed by atoms with van der Waals surface area (Å²) in [5.41, 5.74) is -1.54. The van der Waals surface area contributed by atoms with E-state index in [1.165, 1.54) is 24.3 Å². The van der Waals surface area contributed by atoms with Crippen molar-refractivity contribution in [1.29, 1.82) is 21.0 Å². The lowest BCUT2D eigenvalue weighted by Gasteiger charge is -2.06. The fraction of sp³-hybridized carbons (Fsp3) is 0. The largest absolute Gasteiger partial charge is 0.504 e. The molecule has 0 spiro atoms. The van der Waals surface area contributed by atoms with Gasteiger partial charge in [0.05, 0.1) is 10.4 Å². The zero-order valence-electron chi connectivity index (χ0n) is 9.58. The molecule has 8 heteroatoms. The topological polar surface area (TPSA) is 176 Å². The SMILES string of the molecule is N#CC(C#N)=c1c(O)c(O)c(=C(C#N)C#N)c(O)c1O. The first kappa shape index (κ1) is 14.2. The summed E-state index contributed by atoms with van der Waals surface area (Å²) in [6.45, 7) is 0. The zero-order valence-corrected chi connectivity index (χ0v) is 9.58. The summed E-state index contributed by atoms with van der Waals surface area (Å²) in [6.07, 6.45) is 0. The lowest BCUT2D eigenvalue weighted by atomic mass is 10.1. The van der Waals surface area contributed by atoms with E-state index in [0.29, 0.717) is 0 Å². The lowest BCUT2D eigenvalue weighted by molar-refractivity contribution is 0.362. The van der Waals surface area contributed by atoms with E-state index in [2.05, 4.69) is 0 Å². The molecular formula is C12H4N4O4. The molecule has 0 saturated carbocycles. The van der Waals surface area contributed by atoms with Gasteiger partial charge in [-0.1, -0.05) is 0 Å². The number of nitriles is 4. The minimum Gasteiger partial charge on any atom is -0.504 e. The highest BCUT2D eigenvalue weighted by atomic mass is 16.3. The first-order chi connectivity index (χ1) is 9.44. The van der Waals surface area contributed by atoms with E-state index in [-0.39, 0.29) is 0 Å². The molecule has 0 heterocycles. The second kappa shape index (κ2) is 5.18. The molecule has 4 N–H and O–H groups in total. The van der Waals surface area contributed by atoms with Gasteiger partial charge in [0.1, 0.15) is 35.4 Å². The average Bonchev–Trinajstić information content (AvgIpc) is 2.46. The van der Waals surface area contributed by atoms with Crippen molar-refractivity contribution in [1.82, 2.24) is 0 Å². The number of hydrogen-bond donors (Lipinski definition) is 4. The van der Waals surface area contributed by atoms with Crippen molar-refractivity contribution in [3.8, 4) is 47.3 Å². The summed E-state index contributed by atoms with van der Waals surface area (Å²) >= 11 is 0. The molecule has 96 valence electrons. The molecule has 0 aliphatic heterocycles. The van der Waals surface area contributed by atoms with Crippen LogP contribution in [0.15, 0.2) is 0 Å². The summed E-state index contributed by atoms with van der Waals surface area (Å²) in [5, 5.41) is 71.8. The highest BCUT2D eigenvalue weighted by Gasteiger charge is 2.20. The van der Waals surface area contributed by atoms with Crippen molar-refractivity contribution in [2.24, 2.45) is 0 Å². The van der Waals surface area contributed by atoms with E-state index in [1.54, 1.807) is 0 Å². The Morgan fingerprint density at radius 2 is 0.750 bits per heavy atom. The second-order valence-electron chi connectivity index (χ2n) is 3.34. The molecule has 0 unspecified atom stereocenters.